The van der Waals surface area contributed by atoms with Gasteiger partial charge >= 0.3 is 0 Å². The molecule has 5 rings (SSSR count). The molecule has 0 atom stereocenters. The SMILES string of the molecule is CCCc1c(C)cc2nc(-c3ccc4c(c3)CN(C)C4=O)sc2c1-c1ccc(Cl)cc1. The Morgan fingerprint density at radius 2 is 1.84 bits per heavy atom. The van der Waals surface area contributed by atoms with Crippen molar-refractivity contribution in [3.8, 4) is 21.7 Å². The topological polar surface area (TPSA) is 33.2 Å². The molecule has 0 unspecified atom stereocenters. The van der Waals surface area contributed by atoms with Gasteiger partial charge in [0.05, 0.1) is 10.2 Å². The minimum atomic E-state index is 0.0932. The number of hydrogen-bond donors (Lipinski definition) is 0. The van der Waals surface area contributed by atoms with Gasteiger partial charge in [0.1, 0.15) is 5.01 Å². The second kappa shape index (κ2) is 7.77. The standard InChI is InChI=1S/C26H23ClN2OS/c1-4-5-20-15(2)12-22-24(23(20)16-6-9-19(27)10-7-16)31-25(28-22)17-8-11-21-18(13-17)14-29(3)26(21)30/h6-13H,4-5,14H2,1-3H3. The second-order valence-corrected chi connectivity index (χ2v) is 9.64. The highest BCUT2D eigenvalue weighted by atomic mass is 35.5. The van der Waals surface area contributed by atoms with E-state index in [1.54, 1.807) is 16.2 Å². The predicted molar refractivity (Wildman–Crippen MR) is 130 cm³/mol. The van der Waals surface area contributed by atoms with Gasteiger partial charge in [-0.2, -0.15) is 0 Å². The summed E-state index contributed by atoms with van der Waals surface area (Å²) >= 11 is 7.89. The Morgan fingerprint density at radius 3 is 2.58 bits per heavy atom. The Labute approximate surface area is 191 Å². The average molecular weight is 447 g/mol. The third kappa shape index (κ3) is 3.44. The summed E-state index contributed by atoms with van der Waals surface area (Å²) in [7, 11) is 1.84. The van der Waals surface area contributed by atoms with Crippen molar-refractivity contribution in [3.05, 3.63) is 75.8 Å². The molecule has 0 fully saturated rings. The third-order valence-electron chi connectivity index (χ3n) is 5.98. The first-order valence-electron chi connectivity index (χ1n) is 10.5. The molecule has 1 aliphatic heterocycles. The molecule has 0 saturated carbocycles. The van der Waals surface area contributed by atoms with Crippen molar-refractivity contribution in [1.29, 1.82) is 0 Å². The van der Waals surface area contributed by atoms with E-state index in [1.807, 2.05) is 31.3 Å². The average Bonchev–Trinajstić information content (AvgIpc) is 3.30. The predicted octanol–water partition coefficient (Wildman–Crippen LogP) is 7.13. The van der Waals surface area contributed by atoms with Crippen LogP contribution in [0.3, 0.4) is 0 Å². The Balaban J connectivity index is 1.70. The number of carbonyl (C=O) groups excluding carboxylic acids is 1. The zero-order valence-electron chi connectivity index (χ0n) is 17.8. The van der Waals surface area contributed by atoms with Crippen molar-refractivity contribution in [3.63, 3.8) is 0 Å². The molecule has 0 radical (unpaired) electrons. The first-order chi connectivity index (χ1) is 15.0. The number of amides is 1. The van der Waals surface area contributed by atoms with Crippen molar-refractivity contribution in [1.82, 2.24) is 9.88 Å². The number of hydrogen-bond acceptors (Lipinski definition) is 3. The van der Waals surface area contributed by atoms with Crippen molar-refractivity contribution in [2.75, 3.05) is 7.05 Å². The van der Waals surface area contributed by atoms with E-state index in [9.17, 15) is 4.79 Å². The van der Waals surface area contributed by atoms with Gasteiger partial charge in [-0.15, -0.1) is 11.3 Å². The third-order valence-corrected chi connectivity index (χ3v) is 7.37. The molecule has 0 N–H and O–H groups in total. The van der Waals surface area contributed by atoms with Crippen LogP contribution >= 0.6 is 22.9 Å². The van der Waals surface area contributed by atoms with E-state index < -0.39 is 0 Å². The molecule has 0 saturated heterocycles. The van der Waals surface area contributed by atoms with Gasteiger partial charge in [0, 0.05) is 35.3 Å². The van der Waals surface area contributed by atoms with Crippen LogP contribution in [0.25, 0.3) is 31.9 Å². The number of halogens is 1. The first-order valence-corrected chi connectivity index (χ1v) is 11.7. The van der Waals surface area contributed by atoms with Gasteiger partial charge in [-0.3, -0.25) is 4.79 Å². The molecule has 0 aliphatic carbocycles. The lowest BCUT2D eigenvalue weighted by molar-refractivity contribution is 0.0816. The highest BCUT2D eigenvalue weighted by molar-refractivity contribution is 7.22. The molecule has 5 heteroatoms. The van der Waals surface area contributed by atoms with E-state index in [0.717, 1.165) is 45.1 Å². The van der Waals surface area contributed by atoms with Crippen LogP contribution in [-0.2, 0) is 13.0 Å². The molecule has 156 valence electrons. The van der Waals surface area contributed by atoms with Crippen molar-refractivity contribution < 1.29 is 4.79 Å². The smallest absolute Gasteiger partial charge is 0.254 e. The Hall–Kier alpha value is -2.69. The molecule has 3 aromatic carbocycles. The summed E-state index contributed by atoms with van der Waals surface area (Å²) in [5.74, 6) is 0.0932. The summed E-state index contributed by atoms with van der Waals surface area (Å²) in [6, 6.07) is 16.4. The summed E-state index contributed by atoms with van der Waals surface area (Å²) in [4.78, 5) is 19.0. The summed E-state index contributed by atoms with van der Waals surface area (Å²) in [6.45, 7) is 5.05. The van der Waals surface area contributed by atoms with Gasteiger partial charge in [-0.25, -0.2) is 4.98 Å². The van der Waals surface area contributed by atoms with Crippen molar-refractivity contribution >= 4 is 39.1 Å². The van der Waals surface area contributed by atoms with Crippen LogP contribution in [0.4, 0.5) is 0 Å². The van der Waals surface area contributed by atoms with E-state index in [2.05, 4.69) is 38.1 Å². The van der Waals surface area contributed by atoms with Crippen molar-refractivity contribution in [2.24, 2.45) is 0 Å². The number of aromatic nitrogens is 1. The van der Waals surface area contributed by atoms with Gasteiger partial charge in [-0.05, 0) is 65.9 Å². The van der Waals surface area contributed by atoms with Crippen LogP contribution in [0.2, 0.25) is 5.02 Å². The van der Waals surface area contributed by atoms with E-state index in [1.165, 1.54) is 27.0 Å². The molecule has 0 spiro atoms. The van der Waals surface area contributed by atoms with E-state index >= 15 is 0 Å². The summed E-state index contributed by atoms with van der Waals surface area (Å²) in [5.41, 5.74) is 9.08. The highest BCUT2D eigenvalue weighted by Crippen LogP contribution is 2.41. The fourth-order valence-electron chi connectivity index (χ4n) is 4.45. The fourth-order valence-corrected chi connectivity index (χ4v) is 5.71. The summed E-state index contributed by atoms with van der Waals surface area (Å²) in [5, 5.41) is 1.73. The van der Waals surface area contributed by atoms with Crippen LogP contribution in [0, 0.1) is 6.92 Å². The zero-order valence-corrected chi connectivity index (χ0v) is 19.4. The number of carbonyl (C=O) groups is 1. The number of rotatable bonds is 4. The molecular formula is C26H23ClN2OS. The highest BCUT2D eigenvalue weighted by Gasteiger charge is 2.25. The molecule has 4 aromatic rings. The molecule has 1 aromatic heterocycles. The van der Waals surface area contributed by atoms with Crippen LogP contribution in [0.15, 0.2) is 48.5 Å². The largest absolute Gasteiger partial charge is 0.337 e. The fraction of sp³-hybridized carbons (Fsp3) is 0.231. The minimum absolute atomic E-state index is 0.0932. The summed E-state index contributed by atoms with van der Waals surface area (Å²) in [6.07, 6.45) is 2.12. The molecular weight excluding hydrogens is 424 g/mol. The summed E-state index contributed by atoms with van der Waals surface area (Å²) < 4.78 is 1.21. The molecule has 1 amide bonds. The van der Waals surface area contributed by atoms with Gasteiger partial charge in [-0.1, -0.05) is 43.1 Å². The number of aryl methyl sites for hydroxylation is 1. The quantitative estimate of drug-likeness (QED) is 0.334. The minimum Gasteiger partial charge on any atom is -0.337 e. The molecule has 0 bridgehead atoms. The second-order valence-electron chi connectivity index (χ2n) is 8.20. The molecule has 3 nitrogen and oxygen atoms in total. The van der Waals surface area contributed by atoms with Crippen LogP contribution in [0.5, 0.6) is 0 Å². The lowest BCUT2D eigenvalue weighted by Crippen LogP contribution is -2.17. The van der Waals surface area contributed by atoms with E-state index in [-0.39, 0.29) is 5.91 Å². The lowest BCUT2D eigenvalue weighted by atomic mass is 9.92. The molecule has 2 heterocycles. The number of benzene rings is 3. The Morgan fingerprint density at radius 1 is 1.10 bits per heavy atom. The van der Waals surface area contributed by atoms with Crippen molar-refractivity contribution in [2.45, 2.75) is 33.2 Å². The maximum Gasteiger partial charge on any atom is 0.254 e. The number of fused-ring (bicyclic) bond motifs is 2. The van der Waals surface area contributed by atoms with Crippen LogP contribution in [0.1, 0.15) is 40.4 Å². The van der Waals surface area contributed by atoms with E-state index in [0.29, 0.717) is 6.54 Å². The lowest BCUT2D eigenvalue weighted by Gasteiger charge is -2.13. The molecule has 31 heavy (non-hydrogen) atoms. The van der Waals surface area contributed by atoms with Crippen LogP contribution in [-0.4, -0.2) is 22.8 Å². The zero-order chi connectivity index (χ0) is 21.7. The van der Waals surface area contributed by atoms with Gasteiger partial charge in [0.2, 0.25) is 0 Å². The van der Waals surface area contributed by atoms with Gasteiger partial charge in [0.15, 0.2) is 0 Å². The number of nitrogens with zero attached hydrogens (tertiary/aromatic N) is 2. The Kier molecular flexibility index (Phi) is 5.07. The van der Waals surface area contributed by atoms with Gasteiger partial charge in [0.25, 0.3) is 5.91 Å². The van der Waals surface area contributed by atoms with Gasteiger partial charge < -0.3 is 4.90 Å². The Bertz CT molecular complexity index is 1320. The van der Waals surface area contributed by atoms with E-state index in [4.69, 9.17) is 16.6 Å². The molecule has 1 aliphatic rings. The maximum atomic E-state index is 12.3. The normalized spacial score (nSPS) is 13.3. The maximum absolute atomic E-state index is 12.3. The first kappa shape index (κ1) is 20.2. The number of thiazole rings is 1. The monoisotopic (exact) mass is 446 g/mol. The van der Waals surface area contributed by atoms with Crippen LogP contribution < -0.4 is 0 Å².